The van der Waals surface area contributed by atoms with Gasteiger partial charge in [-0.1, -0.05) is 23.7 Å². The van der Waals surface area contributed by atoms with Crippen molar-refractivity contribution in [3.63, 3.8) is 0 Å². The quantitative estimate of drug-likeness (QED) is 0.675. The molecule has 0 amide bonds. The molecule has 0 saturated carbocycles. The minimum absolute atomic E-state index is 0.200. The molecule has 0 aliphatic rings. The van der Waals surface area contributed by atoms with E-state index in [2.05, 4.69) is 4.99 Å². The molecule has 0 aliphatic carbocycles. The van der Waals surface area contributed by atoms with Crippen molar-refractivity contribution in [1.82, 2.24) is 0 Å². The second kappa shape index (κ2) is 8.35. The number of nitrogens with two attached hydrogens (primary N) is 1. The van der Waals surface area contributed by atoms with Gasteiger partial charge in [0.25, 0.3) is 0 Å². The lowest BCUT2D eigenvalue weighted by Gasteiger charge is -2.07. The lowest BCUT2D eigenvalue weighted by Crippen LogP contribution is -2.11. The normalized spacial score (nSPS) is 12.1. The molecule has 0 aliphatic heterocycles. The SMILES string of the molecule is COc1ccc(N=C(C=C(N)C(C)=N)Cc2ccc(O)cc2)c(Cl)c1. The Bertz CT molecular complexity index is 827. The lowest BCUT2D eigenvalue weighted by molar-refractivity contribution is 0.415. The minimum atomic E-state index is 0.200. The summed E-state index contributed by atoms with van der Waals surface area (Å²) in [5.74, 6) is 0.847. The van der Waals surface area contributed by atoms with Crippen LogP contribution in [0.15, 0.2) is 59.2 Å². The van der Waals surface area contributed by atoms with Crippen LogP contribution < -0.4 is 10.5 Å². The summed E-state index contributed by atoms with van der Waals surface area (Å²) >= 11 is 6.26. The number of benzene rings is 2. The van der Waals surface area contributed by atoms with E-state index in [1.54, 1.807) is 50.4 Å². The first-order valence-electron chi connectivity index (χ1n) is 7.60. The summed E-state index contributed by atoms with van der Waals surface area (Å²) in [6.07, 6.45) is 2.15. The topological polar surface area (TPSA) is 91.7 Å². The fraction of sp³-hybridized carbons (Fsp3) is 0.158. The zero-order valence-electron chi connectivity index (χ0n) is 14.1. The molecule has 0 saturated heterocycles. The van der Waals surface area contributed by atoms with Crippen LogP contribution in [-0.4, -0.2) is 23.6 Å². The molecule has 0 heterocycles. The van der Waals surface area contributed by atoms with Crippen LogP contribution in [0.2, 0.25) is 5.02 Å². The third-order valence-electron chi connectivity index (χ3n) is 3.50. The van der Waals surface area contributed by atoms with Gasteiger partial charge in [0.15, 0.2) is 0 Å². The summed E-state index contributed by atoms with van der Waals surface area (Å²) in [6.45, 7) is 1.62. The number of hydrogen-bond donors (Lipinski definition) is 3. The molecule has 130 valence electrons. The summed E-state index contributed by atoms with van der Waals surface area (Å²) in [7, 11) is 1.57. The van der Waals surface area contributed by atoms with Crippen LogP contribution in [-0.2, 0) is 6.42 Å². The Kier molecular flexibility index (Phi) is 6.19. The number of hydrogen-bond acceptors (Lipinski definition) is 5. The number of nitrogens with one attached hydrogen (secondary N) is 1. The fourth-order valence-corrected chi connectivity index (χ4v) is 2.31. The van der Waals surface area contributed by atoms with E-state index in [0.717, 1.165) is 5.56 Å². The van der Waals surface area contributed by atoms with Crippen molar-refractivity contribution < 1.29 is 9.84 Å². The Morgan fingerprint density at radius 1 is 1.28 bits per heavy atom. The zero-order valence-corrected chi connectivity index (χ0v) is 14.8. The Morgan fingerprint density at radius 2 is 1.96 bits per heavy atom. The van der Waals surface area contributed by atoms with Crippen LogP contribution in [0.4, 0.5) is 5.69 Å². The average molecular weight is 358 g/mol. The predicted octanol–water partition coefficient (Wildman–Crippen LogP) is 4.25. The van der Waals surface area contributed by atoms with Gasteiger partial charge in [-0.15, -0.1) is 0 Å². The molecular weight excluding hydrogens is 338 g/mol. The van der Waals surface area contributed by atoms with Crippen LogP contribution in [0.3, 0.4) is 0 Å². The van der Waals surface area contributed by atoms with Crippen LogP contribution >= 0.6 is 11.6 Å². The predicted molar refractivity (Wildman–Crippen MR) is 103 cm³/mol. The Balaban J connectivity index is 2.41. The largest absolute Gasteiger partial charge is 0.508 e. The van der Waals surface area contributed by atoms with Gasteiger partial charge in [0, 0.05) is 18.2 Å². The lowest BCUT2D eigenvalue weighted by atomic mass is 10.1. The number of rotatable bonds is 6. The van der Waals surface area contributed by atoms with Crippen molar-refractivity contribution in [3.8, 4) is 11.5 Å². The molecule has 0 fully saturated rings. The molecule has 0 unspecified atom stereocenters. The first-order chi connectivity index (χ1) is 11.9. The van der Waals surface area contributed by atoms with Crippen LogP contribution in [0, 0.1) is 5.41 Å². The Morgan fingerprint density at radius 3 is 2.52 bits per heavy atom. The first kappa shape index (κ1) is 18.5. The molecule has 25 heavy (non-hydrogen) atoms. The number of halogens is 1. The first-order valence-corrected chi connectivity index (χ1v) is 7.98. The van der Waals surface area contributed by atoms with Gasteiger partial charge >= 0.3 is 0 Å². The van der Waals surface area contributed by atoms with Gasteiger partial charge in [0.1, 0.15) is 11.5 Å². The van der Waals surface area contributed by atoms with Crippen molar-refractivity contribution >= 4 is 28.7 Å². The van der Waals surface area contributed by atoms with Crippen LogP contribution in [0.25, 0.3) is 0 Å². The molecule has 5 nitrogen and oxygen atoms in total. The number of ether oxygens (including phenoxy) is 1. The molecule has 0 aromatic heterocycles. The maximum Gasteiger partial charge on any atom is 0.120 e. The van der Waals surface area contributed by atoms with Gasteiger partial charge in [0.2, 0.25) is 0 Å². The zero-order chi connectivity index (χ0) is 18.4. The van der Waals surface area contributed by atoms with Crippen LogP contribution in [0.1, 0.15) is 12.5 Å². The highest BCUT2D eigenvalue weighted by atomic mass is 35.5. The van der Waals surface area contributed by atoms with E-state index in [1.807, 2.05) is 12.1 Å². The number of nitrogens with zero attached hydrogens (tertiary/aromatic N) is 1. The standard InChI is InChI=1S/C19H20ClN3O2/c1-12(21)18(22)10-14(9-13-3-5-15(24)6-4-13)23-19-8-7-16(25-2)11-17(19)20/h3-8,10-11,21,24H,9,22H2,1-2H3. The molecule has 0 atom stereocenters. The van der Waals surface area contributed by atoms with Gasteiger partial charge in [-0.2, -0.15) is 0 Å². The average Bonchev–Trinajstić information content (AvgIpc) is 2.58. The highest BCUT2D eigenvalue weighted by Crippen LogP contribution is 2.29. The van der Waals surface area contributed by atoms with Gasteiger partial charge in [0.05, 0.1) is 29.2 Å². The summed E-state index contributed by atoms with van der Waals surface area (Å²) in [5, 5.41) is 17.5. The van der Waals surface area contributed by atoms with E-state index in [0.29, 0.717) is 34.3 Å². The molecule has 2 aromatic carbocycles. The van der Waals surface area contributed by atoms with E-state index in [4.69, 9.17) is 27.5 Å². The van der Waals surface area contributed by atoms with Crippen molar-refractivity contribution in [2.45, 2.75) is 13.3 Å². The monoisotopic (exact) mass is 357 g/mol. The number of phenolic OH excluding ortho intramolecular Hbond substituents is 1. The number of phenols is 1. The second-order valence-electron chi connectivity index (χ2n) is 5.49. The third-order valence-corrected chi connectivity index (χ3v) is 3.80. The van der Waals surface area contributed by atoms with Crippen molar-refractivity contribution in [2.75, 3.05) is 7.11 Å². The fourth-order valence-electron chi connectivity index (χ4n) is 2.09. The summed E-state index contributed by atoms with van der Waals surface area (Å²) in [5.41, 5.74) is 8.69. The molecule has 0 radical (unpaired) electrons. The van der Waals surface area contributed by atoms with Gasteiger partial charge in [-0.05, 0) is 42.8 Å². The Hall–Kier alpha value is -2.79. The minimum Gasteiger partial charge on any atom is -0.508 e. The van der Waals surface area contributed by atoms with E-state index in [9.17, 15) is 5.11 Å². The molecule has 0 bridgehead atoms. The second-order valence-corrected chi connectivity index (χ2v) is 5.90. The molecule has 2 rings (SSSR count). The van der Waals surface area contributed by atoms with Gasteiger partial charge in [-0.3, -0.25) is 4.99 Å². The van der Waals surface area contributed by atoms with Crippen molar-refractivity contribution in [2.24, 2.45) is 10.7 Å². The molecular formula is C19H20ClN3O2. The highest BCUT2D eigenvalue weighted by molar-refractivity contribution is 6.33. The number of aliphatic imine (C=N–C) groups is 1. The maximum atomic E-state index is 9.41. The number of methoxy groups -OCH3 is 1. The molecule has 2 aromatic rings. The van der Waals surface area contributed by atoms with E-state index in [1.165, 1.54) is 0 Å². The van der Waals surface area contributed by atoms with E-state index in [-0.39, 0.29) is 11.5 Å². The maximum absolute atomic E-state index is 9.41. The number of aromatic hydroxyl groups is 1. The highest BCUT2D eigenvalue weighted by Gasteiger charge is 2.06. The van der Waals surface area contributed by atoms with Crippen LogP contribution in [0.5, 0.6) is 11.5 Å². The van der Waals surface area contributed by atoms with E-state index < -0.39 is 0 Å². The summed E-state index contributed by atoms with van der Waals surface area (Å²) in [4.78, 5) is 4.59. The molecule has 0 spiro atoms. The Labute approximate surface area is 151 Å². The van der Waals surface area contributed by atoms with E-state index >= 15 is 0 Å². The molecule has 6 heteroatoms. The summed E-state index contributed by atoms with van der Waals surface area (Å²) in [6, 6.07) is 12.1. The summed E-state index contributed by atoms with van der Waals surface area (Å²) < 4.78 is 5.14. The number of allylic oxidation sites excluding steroid dienone is 2. The van der Waals surface area contributed by atoms with Crippen molar-refractivity contribution in [3.05, 3.63) is 64.8 Å². The van der Waals surface area contributed by atoms with Crippen molar-refractivity contribution in [1.29, 1.82) is 5.41 Å². The van der Waals surface area contributed by atoms with Gasteiger partial charge in [-0.25, -0.2) is 0 Å². The smallest absolute Gasteiger partial charge is 0.120 e. The third kappa shape index (κ3) is 5.36. The van der Waals surface area contributed by atoms with Gasteiger partial charge < -0.3 is 21.0 Å². The molecule has 4 N–H and O–H groups in total.